The quantitative estimate of drug-likeness (QED) is 0.482. The number of carboxylic acid groups (broad SMARTS) is 1. The molecule has 0 bridgehead atoms. The highest BCUT2D eigenvalue weighted by Gasteiger charge is 2.25. The maximum absolute atomic E-state index is 12.0. The fraction of sp³-hybridized carbons (Fsp3) is 0.500. The maximum Gasteiger partial charge on any atom is 0.326 e. The molecule has 1 aromatic carbocycles. The van der Waals surface area contributed by atoms with Crippen LogP contribution in [0.4, 0.5) is 0 Å². The van der Waals surface area contributed by atoms with E-state index in [2.05, 4.69) is 5.32 Å². The Morgan fingerprint density at radius 2 is 1.87 bits per heavy atom. The van der Waals surface area contributed by atoms with Gasteiger partial charge in [-0.1, -0.05) is 19.9 Å². The Kier molecular flexibility index (Phi) is 6.84. The molecule has 0 aliphatic heterocycles. The first-order valence-corrected chi connectivity index (χ1v) is 7.38. The number of hydrogen-bond acceptors (Lipinski definition) is 5. The SMILES string of the molecule is CC(C)[C@H](NC(=O)CC(CO)Cc1ccc(O)cc1O)C(=O)O. The number of carboxylic acids is 1. The number of aromatic hydroxyl groups is 2. The number of benzene rings is 1. The molecule has 7 nitrogen and oxygen atoms in total. The first-order chi connectivity index (χ1) is 10.7. The van der Waals surface area contributed by atoms with Crippen molar-refractivity contribution in [2.75, 3.05) is 6.61 Å². The molecule has 0 aromatic heterocycles. The number of phenolic OH excluding ortho intramolecular Hbond substituents is 2. The minimum absolute atomic E-state index is 0.0622. The van der Waals surface area contributed by atoms with Crippen LogP contribution in [0, 0.1) is 11.8 Å². The summed E-state index contributed by atoms with van der Waals surface area (Å²) in [7, 11) is 0. The molecule has 2 atom stereocenters. The van der Waals surface area contributed by atoms with E-state index in [1.165, 1.54) is 18.2 Å². The van der Waals surface area contributed by atoms with E-state index in [1.54, 1.807) is 13.8 Å². The van der Waals surface area contributed by atoms with E-state index in [4.69, 9.17) is 5.11 Å². The normalized spacial score (nSPS) is 13.6. The third-order valence-corrected chi connectivity index (χ3v) is 3.56. The molecular formula is C16H23NO6. The van der Waals surface area contributed by atoms with Crippen molar-refractivity contribution in [2.45, 2.75) is 32.7 Å². The van der Waals surface area contributed by atoms with Gasteiger partial charge in [0.1, 0.15) is 17.5 Å². The molecule has 0 radical (unpaired) electrons. The summed E-state index contributed by atoms with van der Waals surface area (Å²) in [4.78, 5) is 23.1. The molecule has 1 rings (SSSR count). The van der Waals surface area contributed by atoms with E-state index >= 15 is 0 Å². The minimum Gasteiger partial charge on any atom is -0.508 e. The summed E-state index contributed by atoms with van der Waals surface area (Å²) < 4.78 is 0. The smallest absolute Gasteiger partial charge is 0.326 e. The highest BCUT2D eigenvalue weighted by atomic mass is 16.4. The van der Waals surface area contributed by atoms with E-state index in [-0.39, 0.29) is 36.9 Å². The number of carbonyl (C=O) groups is 2. The van der Waals surface area contributed by atoms with Crippen LogP contribution in [0.25, 0.3) is 0 Å². The van der Waals surface area contributed by atoms with Crippen molar-refractivity contribution >= 4 is 11.9 Å². The third-order valence-electron chi connectivity index (χ3n) is 3.56. The summed E-state index contributed by atoms with van der Waals surface area (Å²) in [6, 6.07) is 3.12. The van der Waals surface area contributed by atoms with Crippen molar-refractivity contribution in [3.8, 4) is 11.5 Å². The van der Waals surface area contributed by atoms with Crippen molar-refractivity contribution in [1.29, 1.82) is 0 Å². The number of rotatable bonds is 8. The highest BCUT2D eigenvalue weighted by molar-refractivity contribution is 5.83. The number of amides is 1. The van der Waals surface area contributed by atoms with E-state index < -0.39 is 23.8 Å². The van der Waals surface area contributed by atoms with Gasteiger partial charge >= 0.3 is 5.97 Å². The Balaban J connectivity index is 2.68. The van der Waals surface area contributed by atoms with E-state index in [0.29, 0.717) is 5.56 Å². The van der Waals surface area contributed by atoms with Gasteiger partial charge in [-0.3, -0.25) is 4.79 Å². The molecule has 0 aliphatic carbocycles. The maximum atomic E-state index is 12.0. The van der Waals surface area contributed by atoms with Crippen molar-refractivity contribution < 1.29 is 30.0 Å². The summed E-state index contributed by atoms with van der Waals surface area (Å²) in [6.07, 6.45) is 0.169. The zero-order valence-corrected chi connectivity index (χ0v) is 13.2. The van der Waals surface area contributed by atoms with E-state index in [1.807, 2.05) is 0 Å². The molecule has 0 spiro atoms. The predicted octanol–water partition coefficient (Wildman–Crippen LogP) is 0.864. The summed E-state index contributed by atoms with van der Waals surface area (Å²) in [6.45, 7) is 3.10. The van der Waals surface area contributed by atoms with Crippen molar-refractivity contribution in [3.05, 3.63) is 23.8 Å². The fourth-order valence-corrected chi connectivity index (χ4v) is 2.25. The molecule has 0 heterocycles. The first-order valence-electron chi connectivity index (χ1n) is 7.38. The Morgan fingerprint density at radius 3 is 2.35 bits per heavy atom. The molecule has 0 saturated heterocycles. The van der Waals surface area contributed by atoms with Crippen LogP contribution < -0.4 is 5.32 Å². The van der Waals surface area contributed by atoms with Gasteiger partial charge < -0.3 is 25.7 Å². The number of phenols is 2. The van der Waals surface area contributed by atoms with Crippen LogP contribution in [0.2, 0.25) is 0 Å². The topological polar surface area (TPSA) is 127 Å². The Hall–Kier alpha value is -2.28. The van der Waals surface area contributed by atoms with Crippen LogP contribution in [-0.2, 0) is 16.0 Å². The monoisotopic (exact) mass is 325 g/mol. The van der Waals surface area contributed by atoms with Crippen molar-refractivity contribution in [3.63, 3.8) is 0 Å². The average Bonchev–Trinajstić information content (AvgIpc) is 2.46. The second-order valence-electron chi connectivity index (χ2n) is 5.90. The van der Waals surface area contributed by atoms with Crippen LogP contribution in [0.3, 0.4) is 0 Å². The van der Waals surface area contributed by atoms with Crippen LogP contribution >= 0.6 is 0 Å². The molecule has 1 unspecified atom stereocenters. The molecule has 128 valence electrons. The van der Waals surface area contributed by atoms with Gasteiger partial charge in [0.05, 0.1) is 0 Å². The summed E-state index contributed by atoms with van der Waals surface area (Å²) >= 11 is 0. The van der Waals surface area contributed by atoms with Crippen molar-refractivity contribution in [1.82, 2.24) is 5.32 Å². The average molecular weight is 325 g/mol. The number of nitrogens with one attached hydrogen (secondary N) is 1. The molecule has 23 heavy (non-hydrogen) atoms. The lowest BCUT2D eigenvalue weighted by atomic mass is 9.95. The molecule has 0 aliphatic rings. The van der Waals surface area contributed by atoms with Gasteiger partial charge in [0.25, 0.3) is 0 Å². The second kappa shape index (κ2) is 8.38. The van der Waals surface area contributed by atoms with Gasteiger partial charge in [0, 0.05) is 19.1 Å². The minimum atomic E-state index is -1.11. The zero-order chi connectivity index (χ0) is 17.6. The Morgan fingerprint density at radius 1 is 1.22 bits per heavy atom. The first kappa shape index (κ1) is 18.8. The predicted molar refractivity (Wildman–Crippen MR) is 83.1 cm³/mol. The van der Waals surface area contributed by atoms with E-state index in [0.717, 1.165) is 0 Å². The lowest BCUT2D eigenvalue weighted by molar-refractivity contribution is -0.143. The van der Waals surface area contributed by atoms with Crippen LogP contribution in [0.15, 0.2) is 18.2 Å². The molecule has 0 fully saturated rings. The number of hydrogen-bond donors (Lipinski definition) is 5. The van der Waals surface area contributed by atoms with Gasteiger partial charge in [0.15, 0.2) is 0 Å². The molecule has 1 amide bonds. The lowest BCUT2D eigenvalue weighted by Gasteiger charge is -2.20. The van der Waals surface area contributed by atoms with Crippen LogP contribution in [0.1, 0.15) is 25.8 Å². The number of aliphatic carboxylic acids is 1. The third kappa shape index (κ3) is 5.78. The molecule has 0 saturated carbocycles. The van der Waals surface area contributed by atoms with Gasteiger partial charge in [0.2, 0.25) is 5.91 Å². The van der Waals surface area contributed by atoms with Gasteiger partial charge in [-0.2, -0.15) is 0 Å². The summed E-state index contributed by atoms with van der Waals surface area (Å²) in [5.41, 5.74) is 0.494. The van der Waals surface area contributed by atoms with Crippen molar-refractivity contribution in [2.24, 2.45) is 11.8 Å². The molecule has 7 heteroatoms. The Labute approximate surface area is 134 Å². The largest absolute Gasteiger partial charge is 0.508 e. The standard InChI is InChI=1S/C16H23NO6/c1-9(2)15(16(22)23)17-14(21)6-10(8-18)5-11-3-4-12(19)7-13(11)20/h3-4,7,9-10,15,18-20H,5-6,8H2,1-2H3,(H,17,21)(H,22,23)/t10?,15-/m0/s1. The van der Waals surface area contributed by atoms with E-state index in [9.17, 15) is 24.9 Å². The zero-order valence-electron chi connectivity index (χ0n) is 13.2. The number of aliphatic hydroxyl groups is 1. The highest BCUT2D eigenvalue weighted by Crippen LogP contribution is 2.25. The molecular weight excluding hydrogens is 302 g/mol. The Bertz CT molecular complexity index is 558. The lowest BCUT2D eigenvalue weighted by Crippen LogP contribution is -2.45. The number of aliphatic hydroxyl groups excluding tert-OH is 1. The van der Waals surface area contributed by atoms with Crippen LogP contribution in [-0.4, -0.2) is 45.0 Å². The summed E-state index contributed by atoms with van der Waals surface area (Å²) in [5.74, 6) is -2.49. The van der Waals surface area contributed by atoms with Gasteiger partial charge in [-0.05, 0) is 29.9 Å². The second-order valence-corrected chi connectivity index (χ2v) is 5.90. The van der Waals surface area contributed by atoms with Gasteiger partial charge in [-0.15, -0.1) is 0 Å². The molecule has 5 N–H and O–H groups in total. The molecule has 1 aromatic rings. The fourth-order valence-electron chi connectivity index (χ4n) is 2.25. The number of carbonyl (C=O) groups excluding carboxylic acids is 1. The van der Waals surface area contributed by atoms with Gasteiger partial charge in [-0.25, -0.2) is 4.79 Å². The summed E-state index contributed by atoms with van der Waals surface area (Å²) in [5, 5.41) is 39.9. The van der Waals surface area contributed by atoms with Crippen LogP contribution in [0.5, 0.6) is 11.5 Å².